The van der Waals surface area contributed by atoms with E-state index in [0.717, 1.165) is 49.3 Å². The number of nitrogens with zero attached hydrogens (tertiary/aromatic N) is 4. The summed E-state index contributed by atoms with van der Waals surface area (Å²) in [6.07, 6.45) is 5.99. The van der Waals surface area contributed by atoms with Gasteiger partial charge >= 0.3 is 0 Å². The van der Waals surface area contributed by atoms with Gasteiger partial charge in [0, 0.05) is 44.6 Å². The maximum Gasteiger partial charge on any atom is 0.273 e. The second kappa shape index (κ2) is 7.01. The minimum Gasteiger partial charge on any atom is -0.343 e. The Balaban J connectivity index is 1.58. The Bertz CT molecular complexity index is 945. The predicted octanol–water partition coefficient (Wildman–Crippen LogP) is 2.97. The highest BCUT2D eigenvalue weighted by atomic mass is 16.2. The van der Waals surface area contributed by atoms with E-state index in [1.807, 2.05) is 30.3 Å². The van der Waals surface area contributed by atoms with Gasteiger partial charge in [0.15, 0.2) is 0 Å². The van der Waals surface area contributed by atoms with Gasteiger partial charge in [-0.1, -0.05) is 36.8 Å². The normalized spacial score (nSPS) is 23.3. The highest BCUT2D eigenvalue weighted by Crippen LogP contribution is 2.39. The van der Waals surface area contributed by atoms with Gasteiger partial charge in [0.05, 0.1) is 11.7 Å². The molecule has 2 aliphatic heterocycles. The molecule has 6 heteroatoms. The Kier molecular flexibility index (Phi) is 4.45. The number of hydrogen-bond acceptors (Lipinski definition) is 3. The van der Waals surface area contributed by atoms with Crippen molar-refractivity contribution < 1.29 is 9.59 Å². The summed E-state index contributed by atoms with van der Waals surface area (Å²) >= 11 is 0. The van der Waals surface area contributed by atoms with Crippen LogP contribution in [-0.2, 0) is 17.8 Å². The van der Waals surface area contributed by atoms with Crippen LogP contribution in [0.3, 0.4) is 0 Å². The lowest BCUT2D eigenvalue weighted by atomic mass is 9.84. The van der Waals surface area contributed by atoms with Crippen LogP contribution in [0.2, 0.25) is 0 Å². The lowest BCUT2D eigenvalue weighted by Crippen LogP contribution is -2.46. The average molecular weight is 393 g/mol. The van der Waals surface area contributed by atoms with Gasteiger partial charge in [-0.2, -0.15) is 0 Å². The maximum absolute atomic E-state index is 13.2. The van der Waals surface area contributed by atoms with Crippen molar-refractivity contribution >= 4 is 11.8 Å². The standard InChI is InChI=1S/C23H28N4O2/c1-25(2)23(29)20-19-13-17-11-12-18(27(17)22(28)16-9-6-10-16)14-26(19)21(24-20)15-7-4-3-5-8-15/h3-5,7-8,16-18H,6,9-14H2,1-2H3. The second-order valence-electron chi connectivity index (χ2n) is 8.87. The van der Waals surface area contributed by atoms with Crippen LogP contribution in [0.1, 0.15) is 48.3 Å². The van der Waals surface area contributed by atoms with Crippen molar-refractivity contribution in [3.63, 3.8) is 0 Å². The van der Waals surface area contributed by atoms with E-state index in [-0.39, 0.29) is 23.9 Å². The molecule has 2 atom stereocenters. The zero-order valence-corrected chi connectivity index (χ0v) is 17.2. The van der Waals surface area contributed by atoms with Gasteiger partial charge in [-0.3, -0.25) is 9.59 Å². The molecule has 0 N–H and O–H groups in total. The zero-order chi connectivity index (χ0) is 20.1. The number of imidazole rings is 1. The summed E-state index contributed by atoms with van der Waals surface area (Å²) in [4.78, 5) is 34.7. The quantitative estimate of drug-likeness (QED) is 0.807. The number of carbonyl (C=O) groups excluding carboxylic acids is 2. The van der Waals surface area contributed by atoms with Crippen LogP contribution < -0.4 is 0 Å². The van der Waals surface area contributed by atoms with E-state index in [4.69, 9.17) is 4.98 Å². The smallest absolute Gasteiger partial charge is 0.273 e. The van der Waals surface area contributed by atoms with Crippen LogP contribution in [0.5, 0.6) is 0 Å². The summed E-state index contributed by atoms with van der Waals surface area (Å²) in [5.74, 6) is 1.33. The Hall–Kier alpha value is -2.63. The summed E-state index contributed by atoms with van der Waals surface area (Å²) in [6.45, 7) is 0.724. The maximum atomic E-state index is 13.2. The first-order valence-electron chi connectivity index (χ1n) is 10.7. The van der Waals surface area contributed by atoms with Gasteiger partial charge in [-0.05, 0) is 25.7 Å². The van der Waals surface area contributed by atoms with Gasteiger partial charge in [0.25, 0.3) is 5.91 Å². The third kappa shape index (κ3) is 2.96. The number of carbonyl (C=O) groups is 2. The number of hydrogen-bond donors (Lipinski definition) is 0. The van der Waals surface area contributed by atoms with E-state index in [0.29, 0.717) is 18.0 Å². The van der Waals surface area contributed by atoms with Crippen molar-refractivity contribution in [1.82, 2.24) is 19.4 Å². The fraction of sp³-hybridized carbons (Fsp3) is 0.522. The average Bonchev–Trinajstić information content (AvgIpc) is 3.16. The molecule has 5 rings (SSSR count). The van der Waals surface area contributed by atoms with Crippen LogP contribution >= 0.6 is 0 Å². The monoisotopic (exact) mass is 392 g/mol. The lowest BCUT2D eigenvalue weighted by molar-refractivity contribution is -0.141. The van der Waals surface area contributed by atoms with E-state index in [9.17, 15) is 9.59 Å². The Morgan fingerprint density at radius 3 is 2.41 bits per heavy atom. The fourth-order valence-corrected chi connectivity index (χ4v) is 5.08. The largest absolute Gasteiger partial charge is 0.343 e. The molecule has 2 bridgehead atoms. The molecule has 1 saturated heterocycles. The first kappa shape index (κ1) is 18.4. The van der Waals surface area contributed by atoms with Gasteiger partial charge in [0.2, 0.25) is 5.91 Å². The molecule has 1 aromatic heterocycles. The Labute approximate surface area is 171 Å². The molecule has 6 nitrogen and oxygen atoms in total. The van der Waals surface area contributed by atoms with E-state index in [2.05, 4.69) is 9.47 Å². The first-order chi connectivity index (χ1) is 14.0. The molecule has 1 aromatic carbocycles. The lowest BCUT2D eigenvalue weighted by Gasteiger charge is -2.35. The summed E-state index contributed by atoms with van der Waals surface area (Å²) < 4.78 is 2.22. The number of benzene rings is 1. The molecular formula is C23H28N4O2. The molecule has 3 heterocycles. The van der Waals surface area contributed by atoms with Crippen LogP contribution in [0.15, 0.2) is 30.3 Å². The summed E-state index contributed by atoms with van der Waals surface area (Å²) in [5.41, 5.74) is 2.54. The minimum absolute atomic E-state index is 0.0643. The molecule has 0 radical (unpaired) electrons. The van der Waals surface area contributed by atoms with Gasteiger partial charge in [-0.25, -0.2) is 4.98 Å². The molecule has 152 valence electrons. The van der Waals surface area contributed by atoms with Crippen LogP contribution in [-0.4, -0.2) is 57.3 Å². The predicted molar refractivity (Wildman–Crippen MR) is 110 cm³/mol. The van der Waals surface area contributed by atoms with Crippen molar-refractivity contribution in [2.24, 2.45) is 5.92 Å². The molecule has 3 aliphatic rings. The Morgan fingerprint density at radius 1 is 1.03 bits per heavy atom. The molecule has 2 amide bonds. The summed E-state index contributed by atoms with van der Waals surface area (Å²) in [6, 6.07) is 10.5. The van der Waals surface area contributed by atoms with Crippen molar-refractivity contribution in [2.75, 3.05) is 14.1 Å². The molecule has 0 spiro atoms. The SMILES string of the molecule is CN(C)C(=O)c1nc(-c2ccccc2)n2c1CC1CCC(C2)N1C(=O)C1CCC1. The van der Waals surface area contributed by atoms with Gasteiger partial charge < -0.3 is 14.4 Å². The van der Waals surface area contributed by atoms with Gasteiger partial charge in [-0.15, -0.1) is 0 Å². The van der Waals surface area contributed by atoms with Gasteiger partial charge in [0.1, 0.15) is 11.5 Å². The van der Waals surface area contributed by atoms with Crippen LogP contribution in [0.25, 0.3) is 11.4 Å². The molecule has 1 aliphatic carbocycles. The third-order valence-corrected chi connectivity index (χ3v) is 6.86. The number of aromatic nitrogens is 2. The molecule has 29 heavy (non-hydrogen) atoms. The van der Waals surface area contributed by atoms with E-state index in [1.54, 1.807) is 19.0 Å². The third-order valence-electron chi connectivity index (χ3n) is 6.86. The zero-order valence-electron chi connectivity index (χ0n) is 17.2. The summed E-state index contributed by atoms with van der Waals surface area (Å²) in [7, 11) is 3.54. The Morgan fingerprint density at radius 2 is 1.76 bits per heavy atom. The number of amides is 2. The van der Waals surface area contributed by atoms with Crippen LogP contribution in [0.4, 0.5) is 0 Å². The van der Waals surface area contributed by atoms with E-state index in [1.165, 1.54) is 6.42 Å². The van der Waals surface area contributed by atoms with E-state index < -0.39 is 0 Å². The highest BCUT2D eigenvalue weighted by Gasteiger charge is 2.44. The van der Waals surface area contributed by atoms with Crippen molar-refractivity contribution in [3.05, 3.63) is 41.7 Å². The number of fused-ring (bicyclic) bond motifs is 3. The van der Waals surface area contributed by atoms with Crippen molar-refractivity contribution in [2.45, 2.75) is 57.2 Å². The minimum atomic E-state index is -0.0643. The van der Waals surface area contributed by atoms with Crippen LogP contribution in [0, 0.1) is 5.92 Å². The topological polar surface area (TPSA) is 58.4 Å². The molecular weight excluding hydrogens is 364 g/mol. The molecule has 2 unspecified atom stereocenters. The molecule has 2 aromatic rings. The number of rotatable bonds is 3. The summed E-state index contributed by atoms with van der Waals surface area (Å²) in [5, 5.41) is 0. The first-order valence-corrected chi connectivity index (χ1v) is 10.7. The molecule has 1 saturated carbocycles. The van der Waals surface area contributed by atoms with E-state index >= 15 is 0 Å². The second-order valence-corrected chi connectivity index (χ2v) is 8.87. The highest BCUT2D eigenvalue weighted by molar-refractivity contribution is 5.94. The fourth-order valence-electron chi connectivity index (χ4n) is 5.08. The van der Waals surface area contributed by atoms with Crippen molar-refractivity contribution in [1.29, 1.82) is 0 Å². The van der Waals surface area contributed by atoms with Crippen molar-refractivity contribution in [3.8, 4) is 11.4 Å². The molecule has 2 fully saturated rings.